The number of aromatic nitrogens is 2. The van der Waals surface area contributed by atoms with E-state index in [2.05, 4.69) is 10.1 Å². The zero-order chi connectivity index (χ0) is 12.6. The fourth-order valence-electron chi connectivity index (χ4n) is 1.46. The van der Waals surface area contributed by atoms with Gasteiger partial charge in [-0.1, -0.05) is 5.16 Å². The van der Waals surface area contributed by atoms with Crippen LogP contribution in [-0.2, 0) is 4.79 Å². The maximum atomic E-state index is 10.7. The van der Waals surface area contributed by atoms with Gasteiger partial charge in [-0.3, -0.25) is 4.79 Å². The van der Waals surface area contributed by atoms with E-state index in [0.717, 1.165) is 11.3 Å². The lowest BCUT2D eigenvalue weighted by atomic mass is 10.2. The Bertz CT molecular complexity index is 541. The third kappa shape index (κ3) is 2.06. The van der Waals surface area contributed by atoms with Crippen LogP contribution in [0.2, 0.25) is 0 Å². The molecule has 0 spiro atoms. The van der Waals surface area contributed by atoms with Gasteiger partial charge in [0.2, 0.25) is 0 Å². The van der Waals surface area contributed by atoms with E-state index in [0.29, 0.717) is 16.5 Å². The summed E-state index contributed by atoms with van der Waals surface area (Å²) in [6, 6.07) is -1.10. The molecule has 0 saturated heterocycles. The van der Waals surface area contributed by atoms with Gasteiger partial charge in [0.25, 0.3) is 0 Å². The van der Waals surface area contributed by atoms with Gasteiger partial charge in [-0.25, -0.2) is 4.98 Å². The highest BCUT2D eigenvalue weighted by Gasteiger charge is 2.20. The molecule has 0 aromatic carbocycles. The topological polar surface area (TPSA) is 102 Å². The third-order valence-corrected chi connectivity index (χ3v) is 3.23. The molecule has 17 heavy (non-hydrogen) atoms. The molecular formula is C10H11N3O3S. The van der Waals surface area contributed by atoms with E-state index in [-0.39, 0.29) is 0 Å². The molecule has 3 N–H and O–H groups in total. The van der Waals surface area contributed by atoms with Crippen LogP contribution in [0, 0.1) is 13.8 Å². The Morgan fingerprint density at radius 1 is 1.59 bits per heavy atom. The van der Waals surface area contributed by atoms with Crippen molar-refractivity contribution < 1.29 is 14.4 Å². The molecule has 7 heteroatoms. The maximum absolute atomic E-state index is 10.7. The van der Waals surface area contributed by atoms with E-state index in [9.17, 15) is 4.79 Å². The molecule has 0 saturated carbocycles. The smallest absolute Gasteiger partial charge is 0.326 e. The molecule has 1 unspecified atom stereocenters. The summed E-state index contributed by atoms with van der Waals surface area (Å²) in [5.74, 6) is -0.437. The number of thiazole rings is 1. The van der Waals surface area contributed by atoms with Crippen molar-refractivity contribution >= 4 is 17.3 Å². The van der Waals surface area contributed by atoms with Crippen molar-refractivity contribution in [3.05, 3.63) is 22.5 Å². The molecule has 0 bridgehead atoms. The molecule has 0 fully saturated rings. The van der Waals surface area contributed by atoms with Crippen LogP contribution in [0.5, 0.6) is 0 Å². The number of carbonyl (C=O) groups is 1. The Morgan fingerprint density at radius 3 is 2.82 bits per heavy atom. The third-order valence-electron chi connectivity index (χ3n) is 2.35. The molecule has 6 nitrogen and oxygen atoms in total. The number of carboxylic acid groups (broad SMARTS) is 1. The van der Waals surface area contributed by atoms with E-state index in [1.165, 1.54) is 11.3 Å². The predicted octanol–water partition coefficient (Wildman–Crippen LogP) is 1.50. The van der Waals surface area contributed by atoms with E-state index in [1.54, 1.807) is 12.3 Å². The maximum Gasteiger partial charge on any atom is 0.326 e. The average molecular weight is 253 g/mol. The monoisotopic (exact) mass is 253 g/mol. The summed E-state index contributed by atoms with van der Waals surface area (Å²) in [5, 5.41) is 14.9. The quantitative estimate of drug-likeness (QED) is 0.859. The van der Waals surface area contributed by atoms with Gasteiger partial charge in [-0.2, -0.15) is 0 Å². The Labute approximate surface area is 101 Å². The van der Waals surface area contributed by atoms with Gasteiger partial charge in [-0.05, 0) is 13.8 Å². The fourth-order valence-corrected chi connectivity index (χ4v) is 2.46. The van der Waals surface area contributed by atoms with Crippen molar-refractivity contribution in [3.8, 4) is 10.6 Å². The van der Waals surface area contributed by atoms with Gasteiger partial charge in [0.15, 0.2) is 0 Å². The van der Waals surface area contributed by atoms with Crippen LogP contribution < -0.4 is 5.73 Å². The van der Waals surface area contributed by atoms with Crippen molar-refractivity contribution in [2.24, 2.45) is 5.73 Å². The number of aliphatic carboxylic acids is 1. The molecule has 2 rings (SSSR count). The molecule has 90 valence electrons. The fraction of sp³-hybridized carbons (Fsp3) is 0.300. The summed E-state index contributed by atoms with van der Waals surface area (Å²) in [6.45, 7) is 3.59. The molecule has 0 aliphatic rings. The number of hydrogen-bond acceptors (Lipinski definition) is 6. The highest BCUT2D eigenvalue weighted by molar-refractivity contribution is 7.13. The van der Waals surface area contributed by atoms with Crippen molar-refractivity contribution in [3.63, 3.8) is 0 Å². The minimum atomic E-state index is -1.10. The average Bonchev–Trinajstić information content (AvgIpc) is 2.85. The highest BCUT2D eigenvalue weighted by Crippen LogP contribution is 2.30. The van der Waals surface area contributed by atoms with Gasteiger partial charge in [0.1, 0.15) is 16.8 Å². The molecule has 0 aliphatic carbocycles. The number of nitrogens with two attached hydrogens (primary N) is 1. The number of aryl methyl sites for hydroxylation is 2. The van der Waals surface area contributed by atoms with Crippen molar-refractivity contribution in [1.82, 2.24) is 10.1 Å². The normalized spacial score (nSPS) is 12.6. The summed E-state index contributed by atoms with van der Waals surface area (Å²) in [4.78, 5) is 14.9. The molecule has 0 amide bonds. The van der Waals surface area contributed by atoms with Crippen LogP contribution in [0.15, 0.2) is 9.90 Å². The highest BCUT2D eigenvalue weighted by atomic mass is 32.1. The predicted molar refractivity (Wildman–Crippen MR) is 61.6 cm³/mol. The lowest BCUT2D eigenvalue weighted by molar-refractivity contribution is -0.138. The first kappa shape index (κ1) is 11.7. The van der Waals surface area contributed by atoms with Gasteiger partial charge >= 0.3 is 5.97 Å². The number of carboxylic acids is 1. The first-order chi connectivity index (χ1) is 8.00. The van der Waals surface area contributed by atoms with E-state index < -0.39 is 12.0 Å². The van der Waals surface area contributed by atoms with Crippen LogP contribution in [0.1, 0.15) is 23.2 Å². The van der Waals surface area contributed by atoms with E-state index in [4.69, 9.17) is 15.4 Å². The summed E-state index contributed by atoms with van der Waals surface area (Å²) in [6.07, 6.45) is 0. The number of nitrogens with zero attached hydrogens (tertiary/aromatic N) is 2. The largest absolute Gasteiger partial charge is 0.480 e. The van der Waals surface area contributed by atoms with Crippen LogP contribution in [0.3, 0.4) is 0 Å². The first-order valence-corrected chi connectivity index (χ1v) is 5.75. The molecular weight excluding hydrogens is 242 g/mol. The van der Waals surface area contributed by atoms with Gasteiger partial charge in [-0.15, -0.1) is 11.3 Å². The van der Waals surface area contributed by atoms with Gasteiger partial charge in [0, 0.05) is 5.38 Å². The Morgan fingerprint density at radius 2 is 2.29 bits per heavy atom. The molecule has 2 aromatic heterocycles. The lowest BCUT2D eigenvalue weighted by Gasteiger charge is -2.00. The summed E-state index contributed by atoms with van der Waals surface area (Å²) < 4.78 is 5.04. The Balaban J connectivity index is 2.40. The van der Waals surface area contributed by atoms with E-state index in [1.807, 2.05) is 6.92 Å². The second-order valence-corrected chi connectivity index (χ2v) is 4.45. The lowest BCUT2D eigenvalue weighted by Crippen LogP contribution is -2.20. The van der Waals surface area contributed by atoms with Crippen LogP contribution in [0.4, 0.5) is 0 Å². The second kappa shape index (κ2) is 4.27. The summed E-state index contributed by atoms with van der Waals surface area (Å²) in [5.41, 5.74) is 7.36. The number of hydrogen-bond donors (Lipinski definition) is 2. The molecule has 2 aromatic rings. The number of rotatable bonds is 3. The minimum absolute atomic E-state index is 0.345. The molecule has 0 radical (unpaired) electrons. The summed E-state index contributed by atoms with van der Waals surface area (Å²) >= 11 is 1.33. The Kier molecular flexibility index (Phi) is 2.95. The van der Waals surface area contributed by atoms with Crippen molar-refractivity contribution in [2.45, 2.75) is 19.9 Å². The van der Waals surface area contributed by atoms with Gasteiger partial charge in [0.05, 0.1) is 17.0 Å². The molecule has 2 heterocycles. The molecule has 0 aliphatic heterocycles. The zero-order valence-electron chi connectivity index (χ0n) is 9.30. The van der Waals surface area contributed by atoms with Crippen molar-refractivity contribution in [1.29, 1.82) is 0 Å². The van der Waals surface area contributed by atoms with Crippen LogP contribution in [0.25, 0.3) is 10.6 Å². The van der Waals surface area contributed by atoms with Crippen LogP contribution >= 0.6 is 11.3 Å². The van der Waals surface area contributed by atoms with E-state index >= 15 is 0 Å². The summed E-state index contributed by atoms with van der Waals surface area (Å²) in [7, 11) is 0. The van der Waals surface area contributed by atoms with Crippen LogP contribution in [-0.4, -0.2) is 21.2 Å². The SMILES string of the molecule is Cc1noc(C)c1-c1nc(C(N)C(=O)O)cs1. The zero-order valence-corrected chi connectivity index (χ0v) is 10.1. The standard InChI is InChI=1S/C10H11N3O3S/c1-4-7(5(2)16-13-4)9-12-6(3-17-9)8(11)10(14)15/h3,8H,11H2,1-2H3,(H,14,15). The van der Waals surface area contributed by atoms with Gasteiger partial charge < -0.3 is 15.4 Å². The Hall–Kier alpha value is -1.73. The second-order valence-electron chi connectivity index (χ2n) is 3.59. The molecule has 1 atom stereocenters. The minimum Gasteiger partial charge on any atom is -0.480 e. The first-order valence-electron chi connectivity index (χ1n) is 4.87. The van der Waals surface area contributed by atoms with Crippen molar-refractivity contribution in [2.75, 3.05) is 0 Å².